The van der Waals surface area contributed by atoms with Crippen molar-refractivity contribution in [3.8, 4) is 0 Å². The van der Waals surface area contributed by atoms with Crippen molar-refractivity contribution in [2.24, 2.45) is 0 Å². The summed E-state index contributed by atoms with van der Waals surface area (Å²) >= 11 is 10.6. The second kappa shape index (κ2) is 9.11. The third-order valence-electron chi connectivity index (χ3n) is 3.12. The van der Waals surface area contributed by atoms with Crippen LogP contribution in [0.5, 0.6) is 0 Å². The Bertz CT molecular complexity index is 738. The minimum atomic E-state index is -0.282. The van der Waals surface area contributed by atoms with Gasteiger partial charge >= 0.3 is 0 Å². The van der Waals surface area contributed by atoms with Crippen LogP contribution in [-0.2, 0) is 16.0 Å². The highest BCUT2D eigenvalue weighted by Gasteiger charge is 2.08. The second-order valence-electron chi connectivity index (χ2n) is 5.10. The van der Waals surface area contributed by atoms with E-state index in [0.717, 1.165) is 20.5 Å². The SMILES string of the molecule is Cc1cc(Br)ccc1SCC(=O)NNC(=O)Cc1ccc(Cl)cc1. The van der Waals surface area contributed by atoms with E-state index < -0.39 is 0 Å². The van der Waals surface area contributed by atoms with Crippen molar-refractivity contribution in [2.45, 2.75) is 18.2 Å². The van der Waals surface area contributed by atoms with E-state index in [9.17, 15) is 9.59 Å². The van der Waals surface area contributed by atoms with E-state index in [2.05, 4.69) is 26.8 Å². The van der Waals surface area contributed by atoms with E-state index >= 15 is 0 Å². The molecule has 0 aromatic heterocycles. The van der Waals surface area contributed by atoms with Gasteiger partial charge in [0.05, 0.1) is 12.2 Å². The summed E-state index contributed by atoms with van der Waals surface area (Å²) < 4.78 is 1.00. The first-order valence-electron chi connectivity index (χ1n) is 7.15. The summed E-state index contributed by atoms with van der Waals surface area (Å²) in [5.41, 5.74) is 6.75. The molecule has 0 aliphatic carbocycles. The number of hydrogen-bond donors (Lipinski definition) is 2. The summed E-state index contributed by atoms with van der Waals surface area (Å²) in [5, 5.41) is 0.618. The molecular weight excluding hydrogens is 412 g/mol. The molecule has 0 saturated heterocycles. The maximum Gasteiger partial charge on any atom is 0.248 e. The molecule has 0 fully saturated rings. The molecule has 2 rings (SSSR count). The number of hydrogen-bond acceptors (Lipinski definition) is 3. The second-order valence-corrected chi connectivity index (χ2v) is 7.47. The Labute approximate surface area is 158 Å². The van der Waals surface area contributed by atoms with Gasteiger partial charge in [0.25, 0.3) is 0 Å². The van der Waals surface area contributed by atoms with E-state index in [1.54, 1.807) is 24.3 Å². The quantitative estimate of drug-likeness (QED) is 0.562. The van der Waals surface area contributed by atoms with Gasteiger partial charge in [0, 0.05) is 14.4 Å². The topological polar surface area (TPSA) is 58.2 Å². The van der Waals surface area contributed by atoms with Crippen LogP contribution in [0.4, 0.5) is 0 Å². The van der Waals surface area contributed by atoms with Crippen molar-refractivity contribution in [1.82, 2.24) is 10.9 Å². The third-order valence-corrected chi connectivity index (χ3v) is 5.04. The number of rotatable bonds is 5. The lowest BCUT2D eigenvalue weighted by molar-refractivity contribution is -0.127. The molecule has 0 aliphatic rings. The molecule has 0 aliphatic heterocycles. The Balaban J connectivity index is 1.74. The van der Waals surface area contributed by atoms with Crippen LogP contribution in [0.2, 0.25) is 5.02 Å². The van der Waals surface area contributed by atoms with E-state index in [1.165, 1.54) is 11.8 Å². The van der Waals surface area contributed by atoms with Crippen LogP contribution in [-0.4, -0.2) is 17.6 Å². The monoisotopic (exact) mass is 426 g/mol. The molecule has 2 amide bonds. The van der Waals surface area contributed by atoms with Crippen molar-refractivity contribution in [1.29, 1.82) is 0 Å². The Kier molecular flexibility index (Phi) is 7.15. The number of nitrogens with one attached hydrogen (secondary N) is 2. The zero-order valence-electron chi connectivity index (χ0n) is 12.9. The summed E-state index contributed by atoms with van der Waals surface area (Å²) in [7, 11) is 0. The number of aryl methyl sites for hydroxylation is 1. The van der Waals surface area contributed by atoms with Crippen LogP contribution < -0.4 is 10.9 Å². The molecule has 0 spiro atoms. The first kappa shape index (κ1) is 18.8. The zero-order chi connectivity index (χ0) is 17.5. The number of benzene rings is 2. The van der Waals surface area contributed by atoms with Crippen LogP contribution in [0, 0.1) is 6.92 Å². The van der Waals surface area contributed by atoms with Gasteiger partial charge in [-0.25, -0.2) is 0 Å². The molecule has 4 nitrogen and oxygen atoms in total. The van der Waals surface area contributed by atoms with E-state index in [0.29, 0.717) is 5.02 Å². The van der Waals surface area contributed by atoms with Crippen molar-refractivity contribution in [3.05, 3.63) is 63.1 Å². The Morgan fingerprint density at radius 1 is 1.08 bits per heavy atom. The third kappa shape index (κ3) is 6.19. The highest BCUT2D eigenvalue weighted by atomic mass is 79.9. The van der Waals surface area contributed by atoms with E-state index in [-0.39, 0.29) is 24.0 Å². The number of carbonyl (C=O) groups is 2. The maximum atomic E-state index is 11.8. The lowest BCUT2D eigenvalue weighted by Gasteiger charge is -2.09. The Hall–Kier alpha value is -1.50. The highest BCUT2D eigenvalue weighted by molar-refractivity contribution is 9.10. The first-order chi connectivity index (χ1) is 11.4. The predicted molar refractivity (Wildman–Crippen MR) is 101 cm³/mol. The van der Waals surface area contributed by atoms with Gasteiger partial charge in [-0.15, -0.1) is 11.8 Å². The van der Waals surface area contributed by atoms with Crippen molar-refractivity contribution < 1.29 is 9.59 Å². The molecular formula is C17H16BrClN2O2S. The molecule has 0 atom stereocenters. The number of carbonyl (C=O) groups excluding carboxylic acids is 2. The summed E-state index contributed by atoms with van der Waals surface area (Å²) in [5.74, 6) is -0.314. The van der Waals surface area contributed by atoms with Gasteiger partial charge < -0.3 is 0 Å². The van der Waals surface area contributed by atoms with Gasteiger partial charge in [0.15, 0.2) is 0 Å². The highest BCUT2D eigenvalue weighted by Crippen LogP contribution is 2.24. The Morgan fingerprint density at radius 3 is 2.42 bits per heavy atom. The van der Waals surface area contributed by atoms with Crippen LogP contribution >= 0.6 is 39.3 Å². The van der Waals surface area contributed by atoms with Gasteiger partial charge in [-0.1, -0.05) is 39.7 Å². The smallest absolute Gasteiger partial charge is 0.248 e. The molecule has 2 aromatic carbocycles. The molecule has 0 radical (unpaired) electrons. The van der Waals surface area contributed by atoms with Crippen LogP contribution in [0.25, 0.3) is 0 Å². The van der Waals surface area contributed by atoms with Gasteiger partial charge in [-0.05, 0) is 48.4 Å². The van der Waals surface area contributed by atoms with E-state index in [1.807, 2.05) is 25.1 Å². The number of halogens is 2. The fourth-order valence-electron chi connectivity index (χ4n) is 1.93. The fourth-order valence-corrected chi connectivity index (χ4v) is 3.34. The number of thioether (sulfide) groups is 1. The maximum absolute atomic E-state index is 11.8. The molecule has 7 heteroatoms. The normalized spacial score (nSPS) is 10.3. The van der Waals surface area contributed by atoms with Crippen molar-refractivity contribution in [2.75, 3.05) is 5.75 Å². The number of amides is 2. The van der Waals surface area contributed by atoms with Crippen molar-refractivity contribution in [3.63, 3.8) is 0 Å². The van der Waals surface area contributed by atoms with E-state index in [4.69, 9.17) is 11.6 Å². The summed E-state index contributed by atoms with van der Waals surface area (Å²) in [4.78, 5) is 24.6. The minimum Gasteiger partial charge on any atom is -0.273 e. The molecule has 0 bridgehead atoms. The average Bonchev–Trinajstić information content (AvgIpc) is 2.54. The lowest BCUT2D eigenvalue weighted by atomic mass is 10.1. The molecule has 0 saturated carbocycles. The Morgan fingerprint density at radius 2 is 1.75 bits per heavy atom. The summed E-state index contributed by atoms with van der Waals surface area (Å²) in [6, 6.07) is 12.9. The zero-order valence-corrected chi connectivity index (χ0v) is 16.1. The van der Waals surface area contributed by atoms with Crippen molar-refractivity contribution >= 4 is 51.1 Å². The van der Waals surface area contributed by atoms with Gasteiger partial charge in [-0.2, -0.15) is 0 Å². The fraction of sp³-hybridized carbons (Fsp3) is 0.176. The van der Waals surface area contributed by atoms with Crippen LogP contribution in [0.15, 0.2) is 51.8 Å². The van der Waals surface area contributed by atoms with Crippen LogP contribution in [0.3, 0.4) is 0 Å². The number of hydrazine groups is 1. The predicted octanol–water partition coefficient (Wildman–Crippen LogP) is 3.89. The summed E-state index contributed by atoms with van der Waals surface area (Å²) in [6.07, 6.45) is 0.177. The molecule has 2 aromatic rings. The lowest BCUT2D eigenvalue weighted by Crippen LogP contribution is -2.43. The molecule has 2 N–H and O–H groups in total. The standard InChI is InChI=1S/C17H16BrClN2O2S/c1-11-8-13(18)4-7-15(11)24-10-17(23)21-20-16(22)9-12-2-5-14(19)6-3-12/h2-8H,9-10H2,1H3,(H,20,22)(H,21,23). The van der Waals surface area contributed by atoms with Gasteiger partial charge in [-0.3, -0.25) is 20.4 Å². The minimum absolute atomic E-state index is 0.177. The molecule has 126 valence electrons. The largest absolute Gasteiger partial charge is 0.273 e. The molecule has 24 heavy (non-hydrogen) atoms. The van der Waals surface area contributed by atoms with Gasteiger partial charge in [0.2, 0.25) is 11.8 Å². The van der Waals surface area contributed by atoms with Crippen LogP contribution in [0.1, 0.15) is 11.1 Å². The first-order valence-corrected chi connectivity index (χ1v) is 9.31. The molecule has 0 heterocycles. The average molecular weight is 428 g/mol. The van der Waals surface area contributed by atoms with Gasteiger partial charge in [0.1, 0.15) is 0 Å². The summed E-state index contributed by atoms with van der Waals surface area (Å²) in [6.45, 7) is 1.99. The molecule has 0 unspecified atom stereocenters.